The Balaban J connectivity index is 1.64. The predicted molar refractivity (Wildman–Crippen MR) is 97.1 cm³/mol. The van der Waals surface area contributed by atoms with E-state index in [1.165, 1.54) is 42.7 Å². The SMILES string of the molecule is C[S@](=O)c1ccc(CNc2ccccc2CN2CCCC2)cc1. The average Bonchev–Trinajstić information content (AvgIpc) is 3.07. The van der Waals surface area contributed by atoms with E-state index in [0.717, 1.165) is 18.0 Å². The van der Waals surface area contributed by atoms with Gasteiger partial charge in [-0.25, -0.2) is 0 Å². The summed E-state index contributed by atoms with van der Waals surface area (Å²) in [5.41, 5.74) is 3.78. The highest BCUT2D eigenvalue weighted by molar-refractivity contribution is 7.84. The summed E-state index contributed by atoms with van der Waals surface area (Å²) in [4.78, 5) is 3.40. The van der Waals surface area contributed by atoms with Crippen LogP contribution in [0, 0.1) is 0 Å². The van der Waals surface area contributed by atoms with E-state index in [2.05, 4.69) is 34.5 Å². The second-order valence-corrected chi connectivity index (χ2v) is 7.47. The van der Waals surface area contributed by atoms with Crippen molar-refractivity contribution < 1.29 is 4.21 Å². The first-order chi connectivity index (χ1) is 11.2. The van der Waals surface area contributed by atoms with Crippen molar-refractivity contribution in [3.8, 4) is 0 Å². The van der Waals surface area contributed by atoms with Crippen molar-refractivity contribution in [3.63, 3.8) is 0 Å². The van der Waals surface area contributed by atoms with Crippen LogP contribution >= 0.6 is 0 Å². The molecule has 3 nitrogen and oxygen atoms in total. The number of benzene rings is 2. The molecule has 0 aromatic heterocycles. The Bertz CT molecular complexity index is 663. The molecule has 1 N–H and O–H groups in total. The van der Waals surface area contributed by atoms with E-state index in [-0.39, 0.29) is 0 Å². The number of hydrogen-bond acceptors (Lipinski definition) is 3. The molecular weight excluding hydrogens is 304 g/mol. The molecule has 3 rings (SSSR count). The van der Waals surface area contributed by atoms with Gasteiger partial charge in [0.25, 0.3) is 0 Å². The van der Waals surface area contributed by atoms with Crippen LogP contribution in [0.5, 0.6) is 0 Å². The van der Waals surface area contributed by atoms with Gasteiger partial charge < -0.3 is 5.32 Å². The molecule has 2 aromatic carbocycles. The second-order valence-electron chi connectivity index (χ2n) is 6.09. The Labute approximate surface area is 141 Å². The van der Waals surface area contributed by atoms with Crippen LogP contribution in [0.1, 0.15) is 24.0 Å². The summed E-state index contributed by atoms with van der Waals surface area (Å²) in [7, 11) is -0.910. The van der Waals surface area contributed by atoms with Crippen LogP contribution in [0.4, 0.5) is 5.69 Å². The second kappa shape index (κ2) is 7.75. The number of para-hydroxylation sites is 1. The average molecular weight is 328 g/mol. The van der Waals surface area contributed by atoms with E-state index in [0.29, 0.717) is 0 Å². The first kappa shape index (κ1) is 16.2. The molecule has 1 aliphatic heterocycles. The van der Waals surface area contributed by atoms with Crippen LogP contribution in [0.3, 0.4) is 0 Å². The van der Waals surface area contributed by atoms with E-state index < -0.39 is 10.8 Å². The van der Waals surface area contributed by atoms with Gasteiger partial charge in [0.2, 0.25) is 0 Å². The first-order valence-corrected chi connectivity index (χ1v) is 9.75. The van der Waals surface area contributed by atoms with Crippen LogP contribution in [0.15, 0.2) is 53.4 Å². The molecule has 1 fully saturated rings. The molecule has 0 amide bonds. The fourth-order valence-corrected chi connectivity index (χ4v) is 3.53. The van der Waals surface area contributed by atoms with E-state index in [9.17, 15) is 4.21 Å². The number of rotatable bonds is 6. The quantitative estimate of drug-likeness (QED) is 0.879. The van der Waals surface area contributed by atoms with E-state index in [4.69, 9.17) is 0 Å². The Morgan fingerprint density at radius 2 is 1.74 bits per heavy atom. The molecule has 23 heavy (non-hydrogen) atoms. The van der Waals surface area contributed by atoms with Crippen LogP contribution in [0.25, 0.3) is 0 Å². The van der Waals surface area contributed by atoms with Gasteiger partial charge in [0.15, 0.2) is 0 Å². The summed E-state index contributed by atoms with van der Waals surface area (Å²) in [5.74, 6) is 0. The van der Waals surface area contributed by atoms with Gasteiger partial charge >= 0.3 is 0 Å². The molecular formula is C19H24N2OS. The largest absolute Gasteiger partial charge is 0.381 e. The minimum Gasteiger partial charge on any atom is -0.381 e. The molecule has 0 bridgehead atoms. The van der Waals surface area contributed by atoms with Crippen LogP contribution < -0.4 is 5.32 Å². The van der Waals surface area contributed by atoms with Crippen molar-refractivity contribution in [1.82, 2.24) is 4.90 Å². The molecule has 1 atom stereocenters. The minimum atomic E-state index is -0.910. The number of anilines is 1. The fraction of sp³-hybridized carbons (Fsp3) is 0.368. The van der Waals surface area contributed by atoms with Gasteiger partial charge in [0.05, 0.1) is 0 Å². The molecule has 1 saturated heterocycles. The first-order valence-electron chi connectivity index (χ1n) is 8.19. The molecule has 0 spiro atoms. The van der Waals surface area contributed by atoms with E-state index in [1.54, 1.807) is 6.26 Å². The highest BCUT2D eigenvalue weighted by Crippen LogP contribution is 2.20. The zero-order valence-corrected chi connectivity index (χ0v) is 14.4. The van der Waals surface area contributed by atoms with Crippen molar-refractivity contribution in [1.29, 1.82) is 0 Å². The van der Waals surface area contributed by atoms with Crippen molar-refractivity contribution in [2.45, 2.75) is 30.8 Å². The molecule has 0 unspecified atom stereocenters. The number of nitrogens with one attached hydrogen (secondary N) is 1. The highest BCUT2D eigenvalue weighted by atomic mass is 32.2. The van der Waals surface area contributed by atoms with Crippen molar-refractivity contribution in [2.24, 2.45) is 0 Å². The summed E-state index contributed by atoms with van der Waals surface area (Å²) in [6.45, 7) is 4.23. The summed E-state index contributed by atoms with van der Waals surface area (Å²) in [5, 5.41) is 3.55. The van der Waals surface area contributed by atoms with Crippen molar-refractivity contribution in [2.75, 3.05) is 24.7 Å². The maximum Gasteiger partial charge on any atom is 0.0498 e. The maximum absolute atomic E-state index is 11.4. The Morgan fingerprint density at radius 1 is 1.04 bits per heavy atom. The molecule has 0 aliphatic carbocycles. The van der Waals surface area contributed by atoms with Crippen LogP contribution in [0.2, 0.25) is 0 Å². The predicted octanol–water partition coefficient (Wildman–Crippen LogP) is 3.63. The molecule has 4 heteroatoms. The van der Waals surface area contributed by atoms with Gasteiger partial charge in [-0.15, -0.1) is 0 Å². The highest BCUT2D eigenvalue weighted by Gasteiger charge is 2.13. The summed E-state index contributed by atoms with van der Waals surface area (Å²) in [6.07, 6.45) is 4.35. The zero-order valence-electron chi connectivity index (χ0n) is 13.6. The lowest BCUT2D eigenvalue weighted by Crippen LogP contribution is -2.19. The Morgan fingerprint density at radius 3 is 2.43 bits per heavy atom. The minimum absolute atomic E-state index is 0.785. The van der Waals surface area contributed by atoms with Crippen molar-refractivity contribution >= 4 is 16.5 Å². The fourth-order valence-electron chi connectivity index (χ4n) is 3.01. The summed E-state index contributed by atoms with van der Waals surface area (Å²) in [6, 6.07) is 16.6. The standard InChI is InChI=1S/C19H24N2OS/c1-23(22)18-10-8-16(9-11-18)14-20-19-7-3-2-6-17(19)15-21-12-4-5-13-21/h2-3,6-11,20H,4-5,12-15H2,1H3/t23-/m0/s1. The smallest absolute Gasteiger partial charge is 0.0498 e. The van der Waals surface area contributed by atoms with Crippen molar-refractivity contribution in [3.05, 3.63) is 59.7 Å². The summed E-state index contributed by atoms with van der Waals surface area (Å²) < 4.78 is 11.4. The van der Waals surface area contributed by atoms with Gasteiger partial charge in [0.1, 0.15) is 0 Å². The third kappa shape index (κ3) is 4.43. The normalized spacial score (nSPS) is 16.4. The molecule has 2 aromatic rings. The lowest BCUT2D eigenvalue weighted by Gasteiger charge is -2.18. The third-order valence-electron chi connectivity index (χ3n) is 4.35. The Hall–Kier alpha value is -1.65. The molecule has 1 aliphatic rings. The third-order valence-corrected chi connectivity index (χ3v) is 5.28. The van der Waals surface area contributed by atoms with Gasteiger partial charge in [-0.05, 0) is 55.3 Å². The van der Waals surface area contributed by atoms with E-state index in [1.807, 2.05) is 24.3 Å². The molecule has 1 heterocycles. The van der Waals surface area contributed by atoms with Gasteiger partial charge in [-0.1, -0.05) is 30.3 Å². The topological polar surface area (TPSA) is 32.3 Å². The van der Waals surface area contributed by atoms with Gasteiger partial charge in [-0.2, -0.15) is 0 Å². The Kier molecular flexibility index (Phi) is 5.47. The van der Waals surface area contributed by atoms with Gasteiger partial charge in [-0.3, -0.25) is 9.11 Å². The van der Waals surface area contributed by atoms with Crippen LogP contribution in [-0.2, 0) is 23.9 Å². The van der Waals surface area contributed by atoms with E-state index >= 15 is 0 Å². The maximum atomic E-state index is 11.4. The number of hydrogen-bond donors (Lipinski definition) is 1. The molecule has 122 valence electrons. The zero-order chi connectivity index (χ0) is 16.1. The lowest BCUT2D eigenvalue weighted by molar-refractivity contribution is 0.332. The number of likely N-dealkylation sites (tertiary alicyclic amines) is 1. The lowest BCUT2D eigenvalue weighted by atomic mass is 10.1. The molecule has 0 saturated carbocycles. The monoisotopic (exact) mass is 328 g/mol. The molecule has 0 radical (unpaired) electrons. The van der Waals surface area contributed by atoms with Gasteiger partial charge in [0, 0.05) is 40.7 Å². The van der Waals surface area contributed by atoms with Crippen LogP contribution in [-0.4, -0.2) is 28.5 Å². The number of nitrogens with zero attached hydrogens (tertiary/aromatic N) is 1. The summed E-state index contributed by atoms with van der Waals surface area (Å²) >= 11 is 0.